The molecule has 0 saturated heterocycles. The van der Waals surface area contributed by atoms with Gasteiger partial charge in [-0.05, 0) is 36.5 Å². The number of hydrogen-bond acceptors (Lipinski definition) is 1. The van der Waals surface area contributed by atoms with Crippen molar-refractivity contribution in [3.63, 3.8) is 0 Å². The van der Waals surface area contributed by atoms with Crippen molar-refractivity contribution >= 4 is 5.97 Å². The van der Waals surface area contributed by atoms with Crippen molar-refractivity contribution in [1.82, 2.24) is 0 Å². The number of aliphatic carboxylic acids is 1. The number of allylic oxidation sites excluding steroid dienone is 2. The molecule has 12 heavy (non-hydrogen) atoms. The molecule has 2 heteroatoms. The number of carbonyl (C=O) groups is 1. The van der Waals surface area contributed by atoms with Crippen molar-refractivity contribution in [1.29, 1.82) is 0 Å². The Morgan fingerprint density at radius 1 is 1.42 bits per heavy atom. The van der Waals surface area contributed by atoms with Gasteiger partial charge in [0.05, 0.1) is 5.92 Å². The van der Waals surface area contributed by atoms with Crippen LogP contribution in [0.1, 0.15) is 19.3 Å². The Kier molecular flexibility index (Phi) is 0.980. The van der Waals surface area contributed by atoms with Crippen LogP contribution in [0.15, 0.2) is 12.2 Å². The van der Waals surface area contributed by atoms with Crippen LogP contribution in [-0.4, -0.2) is 11.1 Å². The first-order valence-electron chi connectivity index (χ1n) is 4.65. The molecule has 0 aliphatic heterocycles. The maximum absolute atomic E-state index is 10.9. The molecule has 0 amide bonds. The summed E-state index contributed by atoms with van der Waals surface area (Å²) in [7, 11) is 0. The Hall–Kier alpha value is -0.790. The van der Waals surface area contributed by atoms with Gasteiger partial charge in [0.2, 0.25) is 0 Å². The molecular weight excluding hydrogens is 152 g/mol. The predicted octanol–water partition coefficient (Wildman–Crippen LogP) is 1.67. The number of rotatable bonds is 1. The van der Waals surface area contributed by atoms with E-state index in [2.05, 4.69) is 12.2 Å². The monoisotopic (exact) mass is 164 g/mol. The smallest absolute Gasteiger partial charge is 0.307 e. The third-order valence-electron chi connectivity index (χ3n) is 4.04. The highest BCUT2D eigenvalue weighted by atomic mass is 16.4. The van der Waals surface area contributed by atoms with Gasteiger partial charge < -0.3 is 5.11 Å². The molecule has 0 aromatic carbocycles. The van der Waals surface area contributed by atoms with Crippen molar-refractivity contribution in [3.05, 3.63) is 12.2 Å². The van der Waals surface area contributed by atoms with E-state index in [9.17, 15) is 4.79 Å². The molecule has 3 atom stereocenters. The van der Waals surface area contributed by atoms with E-state index in [1.807, 2.05) is 0 Å². The van der Waals surface area contributed by atoms with Gasteiger partial charge in [-0.15, -0.1) is 0 Å². The van der Waals surface area contributed by atoms with E-state index in [0.717, 1.165) is 6.42 Å². The Bertz CT molecular complexity index is 276. The van der Waals surface area contributed by atoms with Gasteiger partial charge >= 0.3 is 5.97 Å². The molecule has 2 nitrogen and oxygen atoms in total. The lowest BCUT2D eigenvalue weighted by molar-refractivity contribution is -0.142. The summed E-state index contributed by atoms with van der Waals surface area (Å²) in [5.74, 6) is 0.323. The number of carboxylic acids is 1. The maximum atomic E-state index is 10.9. The van der Waals surface area contributed by atoms with E-state index in [1.165, 1.54) is 12.8 Å². The maximum Gasteiger partial charge on any atom is 0.307 e. The highest BCUT2D eigenvalue weighted by Gasteiger charge is 2.64. The quantitative estimate of drug-likeness (QED) is 0.598. The average Bonchev–Trinajstić information content (AvgIpc) is 2.69. The van der Waals surface area contributed by atoms with E-state index in [4.69, 9.17) is 5.11 Å². The summed E-state index contributed by atoms with van der Waals surface area (Å²) in [6.07, 6.45) is 7.83. The van der Waals surface area contributed by atoms with E-state index in [1.54, 1.807) is 0 Å². The molecular formula is C10H12O2. The van der Waals surface area contributed by atoms with Crippen molar-refractivity contribution in [3.8, 4) is 0 Å². The molecule has 2 saturated carbocycles. The van der Waals surface area contributed by atoms with E-state index in [-0.39, 0.29) is 5.92 Å². The van der Waals surface area contributed by atoms with Crippen LogP contribution in [0.2, 0.25) is 0 Å². The molecule has 3 aliphatic rings. The molecule has 0 unspecified atom stereocenters. The fourth-order valence-corrected chi connectivity index (χ4v) is 3.26. The first-order valence-corrected chi connectivity index (χ1v) is 4.65. The van der Waals surface area contributed by atoms with Crippen LogP contribution < -0.4 is 0 Å². The first kappa shape index (κ1) is 6.70. The second kappa shape index (κ2) is 1.76. The molecule has 0 heterocycles. The second-order valence-electron chi connectivity index (χ2n) is 4.43. The molecule has 64 valence electrons. The normalized spacial score (nSPS) is 45.5. The third-order valence-corrected chi connectivity index (χ3v) is 4.04. The van der Waals surface area contributed by atoms with Crippen LogP contribution >= 0.6 is 0 Å². The van der Waals surface area contributed by atoms with Crippen LogP contribution in [0.3, 0.4) is 0 Å². The highest BCUT2D eigenvalue weighted by Crippen LogP contribution is 2.70. The summed E-state index contributed by atoms with van der Waals surface area (Å²) >= 11 is 0. The second-order valence-corrected chi connectivity index (χ2v) is 4.43. The number of hydrogen-bond donors (Lipinski definition) is 1. The van der Waals surface area contributed by atoms with Gasteiger partial charge in [-0.2, -0.15) is 0 Å². The summed E-state index contributed by atoms with van der Waals surface area (Å²) in [5, 5.41) is 8.96. The van der Waals surface area contributed by atoms with Gasteiger partial charge in [-0.3, -0.25) is 4.79 Å². The Morgan fingerprint density at radius 3 is 2.58 bits per heavy atom. The minimum absolute atomic E-state index is 0.0671. The predicted molar refractivity (Wildman–Crippen MR) is 43.5 cm³/mol. The lowest BCUT2D eigenvalue weighted by Gasteiger charge is -2.14. The molecule has 0 aromatic rings. The first-order chi connectivity index (χ1) is 5.74. The van der Waals surface area contributed by atoms with Crippen LogP contribution in [0.25, 0.3) is 0 Å². The van der Waals surface area contributed by atoms with Gasteiger partial charge in [0.25, 0.3) is 0 Å². The van der Waals surface area contributed by atoms with Gasteiger partial charge in [0.1, 0.15) is 0 Å². The fourth-order valence-electron chi connectivity index (χ4n) is 3.26. The van der Waals surface area contributed by atoms with Crippen LogP contribution in [-0.2, 0) is 4.79 Å². The summed E-state index contributed by atoms with van der Waals surface area (Å²) in [6.45, 7) is 0. The largest absolute Gasteiger partial charge is 0.481 e. The Labute approximate surface area is 71.3 Å². The molecule has 1 N–H and O–H groups in total. The lowest BCUT2D eigenvalue weighted by Crippen LogP contribution is -2.20. The summed E-state index contributed by atoms with van der Waals surface area (Å²) < 4.78 is 0. The zero-order valence-electron chi connectivity index (χ0n) is 6.86. The summed E-state index contributed by atoms with van der Waals surface area (Å²) in [5.41, 5.74) is 0.434. The summed E-state index contributed by atoms with van der Waals surface area (Å²) in [6, 6.07) is 0. The van der Waals surface area contributed by atoms with Crippen LogP contribution in [0.4, 0.5) is 0 Å². The van der Waals surface area contributed by atoms with Crippen molar-refractivity contribution in [2.75, 3.05) is 0 Å². The molecule has 0 aromatic heterocycles. The molecule has 2 fully saturated rings. The lowest BCUT2D eigenvalue weighted by atomic mass is 9.89. The SMILES string of the molecule is O=C(O)[C@@H]1C[C@H]2C=C[C@H]1C21CC1. The van der Waals surface area contributed by atoms with Gasteiger partial charge in [-0.25, -0.2) is 0 Å². The fraction of sp³-hybridized carbons (Fsp3) is 0.700. The van der Waals surface area contributed by atoms with Gasteiger partial charge in [0, 0.05) is 0 Å². The van der Waals surface area contributed by atoms with Gasteiger partial charge in [0.15, 0.2) is 0 Å². The summed E-state index contributed by atoms with van der Waals surface area (Å²) in [4.78, 5) is 10.9. The van der Waals surface area contributed by atoms with Crippen molar-refractivity contribution in [2.45, 2.75) is 19.3 Å². The zero-order valence-corrected chi connectivity index (χ0v) is 6.86. The van der Waals surface area contributed by atoms with E-state index < -0.39 is 5.97 Å². The molecule has 3 aliphatic carbocycles. The molecule has 1 spiro atoms. The number of carboxylic acid groups (broad SMARTS) is 1. The van der Waals surface area contributed by atoms with E-state index in [0.29, 0.717) is 17.3 Å². The Balaban J connectivity index is 1.97. The zero-order chi connectivity index (χ0) is 8.34. The van der Waals surface area contributed by atoms with Crippen molar-refractivity contribution < 1.29 is 9.90 Å². The van der Waals surface area contributed by atoms with E-state index >= 15 is 0 Å². The molecule has 3 rings (SSSR count). The van der Waals surface area contributed by atoms with Crippen LogP contribution in [0.5, 0.6) is 0 Å². The molecule has 2 bridgehead atoms. The molecule has 0 radical (unpaired) electrons. The highest BCUT2D eigenvalue weighted by molar-refractivity contribution is 5.72. The van der Waals surface area contributed by atoms with Gasteiger partial charge in [-0.1, -0.05) is 12.2 Å². The van der Waals surface area contributed by atoms with Crippen LogP contribution in [0, 0.1) is 23.2 Å². The minimum Gasteiger partial charge on any atom is -0.481 e. The Morgan fingerprint density at radius 2 is 2.17 bits per heavy atom. The third kappa shape index (κ3) is 0.563. The van der Waals surface area contributed by atoms with Crippen molar-refractivity contribution in [2.24, 2.45) is 23.2 Å². The minimum atomic E-state index is -0.585. The average molecular weight is 164 g/mol. The topological polar surface area (TPSA) is 37.3 Å². The standard InChI is InChI=1S/C10H12O2/c11-9(12)7-5-6-1-2-8(7)10(6)3-4-10/h1-2,6-8H,3-5H2,(H,11,12)/t6-,7-,8-/m1/s1.